The number of amides is 1. The Balaban J connectivity index is 2.01. The van der Waals surface area contributed by atoms with Crippen LogP contribution in [0.3, 0.4) is 0 Å². The molecule has 1 saturated carbocycles. The summed E-state index contributed by atoms with van der Waals surface area (Å²) in [4.78, 5) is 12.2. The molecular formula is C13H22N4OS. The number of hydrogen-bond acceptors (Lipinski definition) is 4. The van der Waals surface area contributed by atoms with Gasteiger partial charge in [-0.25, -0.2) is 0 Å². The SMILES string of the molecule is CCSC1CCCC1NC(=O)c1nn(CC)cc1N. The Morgan fingerprint density at radius 1 is 1.58 bits per heavy atom. The molecule has 0 aromatic carbocycles. The van der Waals surface area contributed by atoms with Gasteiger partial charge in [0.1, 0.15) is 0 Å². The molecule has 0 radical (unpaired) electrons. The number of anilines is 1. The summed E-state index contributed by atoms with van der Waals surface area (Å²) in [5.41, 5.74) is 6.65. The fraction of sp³-hybridized carbons (Fsp3) is 0.692. The number of nitrogen functional groups attached to an aromatic ring is 1. The first kappa shape index (κ1) is 14.2. The summed E-state index contributed by atoms with van der Waals surface area (Å²) >= 11 is 1.93. The molecule has 0 aliphatic heterocycles. The van der Waals surface area contributed by atoms with Crippen LogP contribution in [0.25, 0.3) is 0 Å². The van der Waals surface area contributed by atoms with Gasteiger partial charge < -0.3 is 11.1 Å². The van der Waals surface area contributed by atoms with Gasteiger partial charge in [0.15, 0.2) is 5.69 Å². The third kappa shape index (κ3) is 3.23. The number of aryl methyl sites for hydroxylation is 1. The van der Waals surface area contributed by atoms with Crippen molar-refractivity contribution >= 4 is 23.4 Å². The Hall–Kier alpha value is -1.17. The lowest BCUT2D eigenvalue weighted by molar-refractivity contribution is 0.0933. The Bertz CT molecular complexity index is 446. The van der Waals surface area contributed by atoms with Crippen LogP contribution in [0.1, 0.15) is 43.6 Å². The molecule has 1 aliphatic carbocycles. The predicted molar refractivity (Wildman–Crippen MR) is 79.3 cm³/mol. The van der Waals surface area contributed by atoms with Crippen molar-refractivity contribution in [2.45, 2.75) is 50.9 Å². The van der Waals surface area contributed by atoms with Gasteiger partial charge in [-0.15, -0.1) is 0 Å². The highest BCUT2D eigenvalue weighted by molar-refractivity contribution is 7.99. The maximum Gasteiger partial charge on any atom is 0.274 e. The van der Waals surface area contributed by atoms with Gasteiger partial charge in [-0.3, -0.25) is 9.48 Å². The third-order valence-corrected chi connectivity index (χ3v) is 4.80. The van der Waals surface area contributed by atoms with E-state index in [0.717, 1.165) is 18.7 Å². The van der Waals surface area contributed by atoms with Crippen LogP contribution in [0.5, 0.6) is 0 Å². The molecule has 0 spiro atoms. The van der Waals surface area contributed by atoms with Gasteiger partial charge in [0.05, 0.1) is 5.69 Å². The monoisotopic (exact) mass is 282 g/mol. The topological polar surface area (TPSA) is 72.9 Å². The molecule has 1 heterocycles. The Morgan fingerprint density at radius 2 is 2.37 bits per heavy atom. The number of nitrogens with one attached hydrogen (secondary N) is 1. The second-order valence-corrected chi connectivity index (χ2v) is 6.31. The van der Waals surface area contributed by atoms with Crippen molar-refractivity contribution in [1.82, 2.24) is 15.1 Å². The van der Waals surface area contributed by atoms with Crippen LogP contribution in [-0.2, 0) is 6.54 Å². The lowest BCUT2D eigenvalue weighted by Crippen LogP contribution is -2.39. The maximum atomic E-state index is 12.2. The minimum Gasteiger partial charge on any atom is -0.396 e. The molecule has 2 atom stereocenters. The second kappa shape index (κ2) is 6.32. The molecule has 1 aromatic rings. The molecule has 1 amide bonds. The van der Waals surface area contributed by atoms with Crippen LogP contribution >= 0.6 is 11.8 Å². The van der Waals surface area contributed by atoms with Crippen LogP contribution in [-0.4, -0.2) is 32.7 Å². The summed E-state index contributed by atoms with van der Waals surface area (Å²) in [6, 6.07) is 0.253. The number of hydrogen-bond donors (Lipinski definition) is 2. The van der Waals surface area contributed by atoms with E-state index in [1.165, 1.54) is 12.8 Å². The van der Waals surface area contributed by atoms with E-state index in [9.17, 15) is 4.79 Å². The summed E-state index contributed by atoms with van der Waals surface area (Å²) < 4.78 is 1.69. The zero-order valence-electron chi connectivity index (χ0n) is 11.6. The molecular weight excluding hydrogens is 260 g/mol. The zero-order chi connectivity index (χ0) is 13.8. The summed E-state index contributed by atoms with van der Waals surface area (Å²) in [5, 5.41) is 7.84. The van der Waals surface area contributed by atoms with Gasteiger partial charge >= 0.3 is 0 Å². The number of nitrogens with two attached hydrogens (primary N) is 1. The number of thioether (sulfide) groups is 1. The smallest absolute Gasteiger partial charge is 0.274 e. The molecule has 106 valence electrons. The van der Waals surface area contributed by atoms with Crippen molar-refractivity contribution in [1.29, 1.82) is 0 Å². The Morgan fingerprint density at radius 3 is 3.00 bits per heavy atom. The predicted octanol–water partition coefficient (Wildman–Crippen LogP) is 1.89. The highest BCUT2D eigenvalue weighted by Crippen LogP contribution is 2.30. The first-order chi connectivity index (χ1) is 9.15. The van der Waals surface area contributed by atoms with E-state index in [2.05, 4.69) is 17.3 Å². The van der Waals surface area contributed by atoms with Crippen molar-refractivity contribution in [3.63, 3.8) is 0 Å². The number of carbonyl (C=O) groups excluding carboxylic acids is 1. The molecule has 0 bridgehead atoms. The first-order valence-electron chi connectivity index (χ1n) is 6.91. The van der Waals surface area contributed by atoms with Gasteiger partial charge in [0.2, 0.25) is 0 Å². The Kier molecular flexibility index (Phi) is 4.74. The van der Waals surface area contributed by atoms with Crippen molar-refractivity contribution < 1.29 is 4.79 Å². The van der Waals surface area contributed by atoms with Crippen molar-refractivity contribution in [3.05, 3.63) is 11.9 Å². The molecule has 5 nitrogen and oxygen atoms in total. The van der Waals surface area contributed by atoms with Crippen molar-refractivity contribution in [2.24, 2.45) is 0 Å². The standard InChI is InChI=1S/C13H22N4OS/c1-3-17-8-9(14)12(16-17)13(18)15-10-6-5-7-11(10)19-4-2/h8,10-11H,3-7,14H2,1-2H3,(H,15,18). The molecule has 2 unspecified atom stereocenters. The van der Waals surface area contributed by atoms with Gasteiger partial charge in [0.25, 0.3) is 5.91 Å². The highest BCUT2D eigenvalue weighted by Gasteiger charge is 2.29. The molecule has 1 aromatic heterocycles. The lowest BCUT2D eigenvalue weighted by Gasteiger charge is -2.19. The molecule has 3 N–H and O–H groups in total. The van der Waals surface area contributed by atoms with E-state index in [1.54, 1.807) is 10.9 Å². The third-order valence-electron chi connectivity index (χ3n) is 3.48. The van der Waals surface area contributed by atoms with Crippen molar-refractivity contribution in [3.8, 4) is 0 Å². The van der Waals surface area contributed by atoms with E-state index >= 15 is 0 Å². The van der Waals surface area contributed by atoms with Crippen molar-refractivity contribution in [2.75, 3.05) is 11.5 Å². The Labute approximate surface area is 118 Å². The fourth-order valence-electron chi connectivity index (χ4n) is 2.52. The van der Waals surface area contributed by atoms with Crippen LogP contribution in [0.2, 0.25) is 0 Å². The molecule has 19 heavy (non-hydrogen) atoms. The van der Waals surface area contributed by atoms with Gasteiger partial charge in [-0.1, -0.05) is 13.3 Å². The van der Waals surface area contributed by atoms with Gasteiger partial charge in [-0.05, 0) is 25.5 Å². The van der Waals surface area contributed by atoms with E-state index in [4.69, 9.17) is 5.73 Å². The van der Waals surface area contributed by atoms with E-state index in [-0.39, 0.29) is 11.9 Å². The highest BCUT2D eigenvalue weighted by atomic mass is 32.2. The van der Waals surface area contributed by atoms with E-state index in [1.807, 2.05) is 18.7 Å². The van der Waals surface area contributed by atoms with Gasteiger partial charge in [0, 0.05) is 24.0 Å². The largest absolute Gasteiger partial charge is 0.396 e. The molecule has 6 heteroatoms. The first-order valence-corrected chi connectivity index (χ1v) is 7.96. The summed E-state index contributed by atoms with van der Waals surface area (Å²) in [6.07, 6.45) is 5.13. The molecule has 0 saturated heterocycles. The number of carbonyl (C=O) groups is 1. The zero-order valence-corrected chi connectivity index (χ0v) is 12.4. The quantitative estimate of drug-likeness (QED) is 0.865. The van der Waals surface area contributed by atoms with Crippen LogP contribution < -0.4 is 11.1 Å². The minimum absolute atomic E-state index is 0.140. The normalized spacial score (nSPS) is 22.6. The van der Waals surface area contributed by atoms with E-state index in [0.29, 0.717) is 16.6 Å². The van der Waals surface area contributed by atoms with Gasteiger partial charge in [-0.2, -0.15) is 16.9 Å². The van der Waals surface area contributed by atoms with Crippen LogP contribution in [0.4, 0.5) is 5.69 Å². The summed E-state index contributed by atoms with van der Waals surface area (Å²) in [7, 11) is 0. The summed E-state index contributed by atoms with van der Waals surface area (Å²) in [6.45, 7) is 4.84. The summed E-state index contributed by atoms with van der Waals surface area (Å²) in [5.74, 6) is 0.946. The average molecular weight is 282 g/mol. The average Bonchev–Trinajstić information content (AvgIpc) is 2.97. The maximum absolute atomic E-state index is 12.2. The molecule has 1 aliphatic rings. The van der Waals surface area contributed by atoms with E-state index < -0.39 is 0 Å². The molecule has 1 fully saturated rings. The lowest BCUT2D eigenvalue weighted by atomic mass is 10.2. The number of aromatic nitrogens is 2. The van der Waals surface area contributed by atoms with Crippen LogP contribution in [0, 0.1) is 0 Å². The van der Waals surface area contributed by atoms with Crippen LogP contribution in [0.15, 0.2) is 6.20 Å². The number of rotatable bonds is 5. The minimum atomic E-state index is -0.140. The number of nitrogens with zero attached hydrogens (tertiary/aromatic N) is 2. The fourth-order valence-corrected chi connectivity index (χ4v) is 3.71. The second-order valence-electron chi connectivity index (χ2n) is 4.79. The molecule has 2 rings (SSSR count).